The molecule has 0 bridgehead atoms. The quantitative estimate of drug-likeness (QED) is 0.731. The van der Waals surface area contributed by atoms with Gasteiger partial charge in [-0.1, -0.05) is 0 Å². The summed E-state index contributed by atoms with van der Waals surface area (Å²) in [5.74, 6) is 1.58. The number of hydrogen-bond donors (Lipinski definition) is 0. The molecular weight excluding hydrogens is 220 g/mol. The van der Waals surface area contributed by atoms with Gasteiger partial charge in [0, 0.05) is 42.3 Å². The maximum Gasteiger partial charge on any atom is 0.228 e. The first kappa shape index (κ1) is 13.1. The van der Waals surface area contributed by atoms with Crippen molar-refractivity contribution in [2.24, 2.45) is 5.18 Å². The van der Waals surface area contributed by atoms with E-state index in [-0.39, 0.29) is 5.69 Å². The van der Waals surface area contributed by atoms with E-state index in [2.05, 4.69) is 15.1 Å². The maximum atomic E-state index is 10.9. The lowest BCUT2D eigenvalue weighted by Crippen LogP contribution is -2.20. The molecule has 0 aromatic carbocycles. The van der Waals surface area contributed by atoms with Crippen molar-refractivity contribution >= 4 is 23.3 Å². The summed E-state index contributed by atoms with van der Waals surface area (Å²) in [6, 6.07) is 0. The molecule has 17 heavy (non-hydrogen) atoms. The van der Waals surface area contributed by atoms with Crippen LogP contribution in [0.3, 0.4) is 0 Å². The van der Waals surface area contributed by atoms with Crippen molar-refractivity contribution in [1.82, 2.24) is 9.97 Å². The highest BCUT2D eigenvalue weighted by Gasteiger charge is 2.19. The minimum Gasteiger partial charge on any atom is -0.361 e. The molecular formula is C10H18N6O. The zero-order chi connectivity index (χ0) is 13.2. The van der Waals surface area contributed by atoms with E-state index >= 15 is 0 Å². The van der Waals surface area contributed by atoms with Crippen molar-refractivity contribution in [3.8, 4) is 0 Å². The van der Waals surface area contributed by atoms with Crippen LogP contribution in [0.4, 0.5) is 23.3 Å². The van der Waals surface area contributed by atoms with Crippen molar-refractivity contribution in [1.29, 1.82) is 0 Å². The highest BCUT2D eigenvalue weighted by atomic mass is 16.3. The number of rotatable bonds is 4. The summed E-state index contributed by atoms with van der Waals surface area (Å²) in [7, 11) is 11.0. The number of anilines is 3. The van der Waals surface area contributed by atoms with Crippen LogP contribution in [0.1, 0.15) is 0 Å². The molecule has 0 fully saturated rings. The van der Waals surface area contributed by atoms with E-state index in [0.29, 0.717) is 17.6 Å². The Bertz CT molecular complexity index is 386. The van der Waals surface area contributed by atoms with Gasteiger partial charge in [-0.3, -0.25) is 0 Å². The van der Waals surface area contributed by atoms with Gasteiger partial charge < -0.3 is 14.7 Å². The van der Waals surface area contributed by atoms with Gasteiger partial charge in [0.05, 0.1) is 0 Å². The Morgan fingerprint density at radius 2 is 1.24 bits per heavy atom. The SMILES string of the molecule is CN(C)c1nc(N(C)C)c(N=O)c(N(C)C)n1. The lowest BCUT2D eigenvalue weighted by molar-refractivity contribution is 0.944. The van der Waals surface area contributed by atoms with Crippen LogP contribution in [0.2, 0.25) is 0 Å². The van der Waals surface area contributed by atoms with Gasteiger partial charge in [-0.25, -0.2) is 0 Å². The molecule has 0 spiro atoms. The van der Waals surface area contributed by atoms with E-state index in [1.165, 1.54) is 0 Å². The van der Waals surface area contributed by atoms with E-state index in [1.54, 1.807) is 14.7 Å². The molecule has 1 aromatic heterocycles. The lowest BCUT2D eigenvalue weighted by atomic mass is 10.4. The predicted octanol–water partition coefficient (Wildman–Crippen LogP) is 1.07. The highest BCUT2D eigenvalue weighted by Crippen LogP contribution is 2.35. The summed E-state index contributed by atoms with van der Waals surface area (Å²) in [5.41, 5.74) is 0.255. The molecule has 0 radical (unpaired) electrons. The zero-order valence-electron chi connectivity index (χ0n) is 11.1. The maximum absolute atomic E-state index is 10.9. The average Bonchev–Trinajstić information content (AvgIpc) is 2.26. The highest BCUT2D eigenvalue weighted by molar-refractivity contribution is 5.76. The molecule has 94 valence electrons. The minimum absolute atomic E-state index is 0.255. The van der Waals surface area contributed by atoms with Crippen LogP contribution in [0, 0.1) is 4.91 Å². The molecule has 0 atom stereocenters. The smallest absolute Gasteiger partial charge is 0.228 e. The minimum atomic E-state index is 0.255. The van der Waals surface area contributed by atoms with Crippen LogP contribution in [-0.4, -0.2) is 52.3 Å². The fourth-order valence-electron chi connectivity index (χ4n) is 1.33. The molecule has 7 nitrogen and oxygen atoms in total. The Morgan fingerprint density at radius 1 is 0.824 bits per heavy atom. The number of nitroso groups, excluding NO2 is 1. The second-order valence-corrected chi connectivity index (χ2v) is 4.29. The molecule has 0 unspecified atom stereocenters. The summed E-state index contributed by atoms with van der Waals surface area (Å²) in [5, 5.41) is 3.04. The molecule has 0 saturated heterocycles. The Hall–Kier alpha value is -1.92. The first-order chi connectivity index (χ1) is 7.88. The first-order valence-electron chi connectivity index (χ1n) is 5.15. The molecule has 1 aromatic rings. The Labute approximate surface area is 101 Å². The number of aromatic nitrogens is 2. The van der Waals surface area contributed by atoms with E-state index in [0.717, 1.165) is 0 Å². The van der Waals surface area contributed by atoms with Crippen LogP contribution in [0.25, 0.3) is 0 Å². The summed E-state index contributed by atoms with van der Waals surface area (Å²) >= 11 is 0. The van der Waals surface area contributed by atoms with Gasteiger partial charge in [0.25, 0.3) is 0 Å². The molecule has 0 N–H and O–H groups in total. The van der Waals surface area contributed by atoms with Crippen LogP contribution in [0.5, 0.6) is 0 Å². The second kappa shape index (κ2) is 4.94. The number of hydrogen-bond acceptors (Lipinski definition) is 7. The zero-order valence-corrected chi connectivity index (χ0v) is 11.1. The molecule has 1 rings (SSSR count). The lowest BCUT2D eigenvalue weighted by Gasteiger charge is -2.21. The van der Waals surface area contributed by atoms with Crippen molar-refractivity contribution in [3.63, 3.8) is 0 Å². The normalized spacial score (nSPS) is 10.0. The summed E-state index contributed by atoms with van der Waals surface area (Å²) in [6.45, 7) is 0. The van der Waals surface area contributed by atoms with Crippen LogP contribution in [0.15, 0.2) is 5.18 Å². The van der Waals surface area contributed by atoms with E-state index in [9.17, 15) is 4.91 Å². The Morgan fingerprint density at radius 3 is 1.47 bits per heavy atom. The van der Waals surface area contributed by atoms with Crippen molar-refractivity contribution in [3.05, 3.63) is 4.91 Å². The van der Waals surface area contributed by atoms with Gasteiger partial charge >= 0.3 is 0 Å². The van der Waals surface area contributed by atoms with E-state index in [1.807, 2.05) is 42.3 Å². The molecule has 0 amide bonds. The van der Waals surface area contributed by atoms with Crippen molar-refractivity contribution in [2.45, 2.75) is 0 Å². The van der Waals surface area contributed by atoms with Crippen molar-refractivity contribution < 1.29 is 0 Å². The van der Waals surface area contributed by atoms with E-state index < -0.39 is 0 Å². The van der Waals surface area contributed by atoms with E-state index in [4.69, 9.17) is 0 Å². The first-order valence-corrected chi connectivity index (χ1v) is 5.15. The molecule has 0 aliphatic rings. The molecule has 0 saturated carbocycles. The summed E-state index contributed by atoms with van der Waals surface area (Å²) in [4.78, 5) is 24.8. The third kappa shape index (κ3) is 2.61. The van der Waals surface area contributed by atoms with Crippen LogP contribution < -0.4 is 14.7 Å². The fourth-order valence-corrected chi connectivity index (χ4v) is 1.33. The number of nitrogens with zero attached hydrogens (tertiary/aromatic N) is 6. The van der Waals surface area contributed by atoms with Gasteiger partial charge in [0.1, 0.15) is 0 Å². The van der Waals surface area contributed by atoms with Crippen molar-refractivity contribution in [2.75, 3.05) is 57.0 Å². The topological polar surface area (TPSA) is 64.9 Å². The standard InChI is InChI=1S/C10H18N6O/c1-14(2)8-7(13-17)9(15(3)4)12-10(11-8)16(5)6/h1-6H3. The van der Waals surface area contributed by atoms with Gasteiger partial charge in [-0.05, 0) is 5.18 Å². The third-order valence-corrected chi connectivity index (χ3v) is 2.17. The Kier molecular flexibility index (Phi) is 3.82. The van der Waals surface area contributed by atoms with Gasteiger partial charge in [0.15, 0.2) is 17.3 Å². The van der Waals surface area contributed by atoms with Gasteiger partial charge in [-0.15, -0.1) is 4.91 Å². The molecule has 1 heterocycles. The van der Waals surface area contributed by atoms with Gasteiger partial charge in [-0.2, -0.15) is 9.97 Å². The van der Waals surface area contributed by atoms with Crippen LogP contribution >= 0.6 is 0 Å². The monoisotopic (exact) mass is 238 g/mol. The molecule has 0 aliphatic heterocycles. The molecule has 0 aliphatic carbocycles. The molecule has 7 heteroatoms. The van der Waals surface area contributed by atoms with Gasteiger partial charge in [0.2, 0.25) is 5.95 Å². The summed E-state index contributed by atoms with van der Waals surface area (Å²) < 4.78 is 0. The summed E-state index contributed by atoms with van der Waals surface area (Å²) in [6.07, 6.45) is 0. The predicted molar refractivity (Wildman–Crippen MR) is 70.5 cm³/mol. The fraction of sp³-hybridized carbons (Fsp3) is 0.600. The third-order valence-electron chi connectivity index (χ3n) is 2.17. The Balaban J connectivity index is 3.51. The largest absolute Gasteiger partial charge is 0.361 e. The average molecular weight is 238 g/mol. The van der Waals surface area contributed by atoms with Crippen LogP contribution in [-0.2, 0) is 0 Å². The second-order valence-electron chi connectivity index (χ2n) is 4.29.